The summed E-state index contributed by atoms with van der Waals surface area (Å²) < 4.78 is 4.81. The number of hydrogen-bond acceptors (Lipinski definition) is 2. The molecule has 16 heavy (non-hydrogen) atoms. The fourth-order valence-electron chi connectivity index (χ4n) is 2.44. The van der Waals surface area contributed by atoms with Crippen LogP contribution in [0.1, 0.15) is 57.8 Å². The summed E-state index contributed by atoms with van der Waals surface area (Å²) in [6.45, 7) is 0. The Labute approximate surface area is 107 Å². The molecule has 1 rings (SSSR count). The number of hydrogen-bond donors (Lipinski definition) is 0. The molecule has 1 fully saturated rings. The van der Waals surface area contributed by atoms with Gasteiger partial charge in [-0.2, -0.15) is 0 Å². The van der Waals surface area contributed by atoms with Gasteiger partial charge in [0.15, 0.2) is 0 Å². The second-order valence-electron chi connectivity index (χ2n) is 4.74. The molecule has 0 amide bonds. The van der Waals surface area contributed by atoms with Crippen LogP contribution in [0.3, 0.4) is 0 Å². The molecule has 1 saturated carbocycles. The van der Waals surface area contributed by atoms with Crippen LogP contribution in [0.2, 0.25) is 0 Å². The van der Waals surface area contributed by atoms with Gasteiger partial charge in [-0.05, 0) is 18.8 Å². The van der Waals surface area contributed by atoms with E-state index in [-0.39, 0.29) is 10.8 Å². The summed E-state index contributed by atoms with van der Waals surface area (Å²) in [4.78, 5) is 11.4. The van der Waals surface area contributed by atoms with Crippen molar-refractivity contribution in [3.05, 3.63) is 0 Å². The SMILES string of the molecule is COC(=O)C(Br)C1CCCCCCCCC1. The zero-order valence-corrected chi connectivity index (χ0v) is 11.8. The van der Waals surface area contributed by atoms with Crippen LogP contribution < -0.4 is 0 Å². The highest BCUT2D eigenvalue weighted by atomic mass is 79.9. The standard InChI is InChI=1S/C13H23BrO2/c1-16-13(15)12(14)11-9-7-5-3-2-4-6-8-10-11/h11-12H,2-10H2,1H3. The van der Waals surface area contributed by atoms with Crippen molar-refractivity contribution in [3.8, 4) is 0 Å². The molecule has 1 aliphatic carbocycles. The molecule has 0 N–H and O–H groups in total. The van der Waals surface area contributed by atoms with E-state index in [1.165, 1.54) is 52.1 Å². The number of ether oxygens (including phenoxy) is 1. The largest absolute Gasteiger partial charge is 0.468 e. The number of halogens is 1. The van der Waals surface area contributed by atoms with Gasteiger partial charge in [0.2, 0.25) is 0 Å². The molecule has 1 aliphatic rings. The average Bonchev–Trinajstić information content (AvgIpc) is 2.34. The maximum absolute atomic E-state index is 11.5. The zero-order valence-electron chi connectivity index (χ0n) is 10.2. The first kappa shape index (κ1) is 14.0. The van der Waals surface area contributed by atoms with Gasteiger partial charge in [0.05, 0.1) is 7.11 Å². The maximum Gasteiger partial charge on any atom is 0.319 e. The molecule has 94 valence electrons. The van der Waals surface area contributed by atoms with Gasteiger partial charge < -0.3 is 4.74 Å². The van der Waals surface area contributed by atoms with Gasteiger partial charge in [-0.25, -0.2) is 0 Å². The van der Waals surface area contributed by atoms with Crippen LogP contribution in [0.15, 0.2) is 0 Å². The Morgan fingerprint density at radius 1 is 1.06 bits per heavy atom. The number of rotatable bonds is 2. The summed E-state index contributed by atoms with van der Waals surface area (Å²) in [5.41, 5.74) is 0. The van der Waals surface area contributed by atoms with E-state index in [9.17, 15) is 4.79 Å². The highest BCUT2D eigenvalue weighted by Crippen LogP contribution is 2.28. The third-order valence-corrected chi connectivity index (χ3v) is 4.61. The molecule has 0 spiro atoms. The number of alkyl halides is 1. The average molecular weight is 291 g/mol. The van der Waals surface area contributed by atoms with Gasteiger partial charge in [0.1, 0.15) is 4.83 Å². The summed E-state index contributed by atoms with van der Waals surface area (Å²) in [5, 5.41) is 0. The number of methoxy groups -OCH3 is 1. The summed E-state index contributed by atoms with van der Waals surface area (Å²) in [6.07, 6.45) is 11.6. The molecule has 0 radical (unpaired) electrons. The van der Waals surface area contributed by atoms with Crippen molar-refractivity contribution in [2.24, 2.45) is 5.92 Å². The lowest BCUT2D eigenvalue weighted by atomic mass is 9.90. The van der Waals surface area contributed by atoms with E-state index in [2.05, 4.69) is 15.9 Å². The molecule has 0 aromatic carbocycles. The minimum Gasteiger partial charge on any atom is -0.468 e. The van der Waals surface area contributed by atoms with Gasteiger partial charge in [-0.3, -0.25) is 4.79 Å². The molecule has 2 nitrogen and oxygen atoms in total. The Balaban J connectivity index is 2.43. The Morgan fingerprint density at radius 3 is 1.94 bits per heavy atom. The Kier molecular flexibility index (Phi) is 7.10. The highest BCUT2D eigenvalue weighted by molar-refractivity contribution is 9.10. The summed E-state index contributed by atoms with van der Waals surface area (Å²) >= 11 is 3.50. The first-order valence-electron chi connectivity index (χ1n) is 6.47. The number of carbonyl (C=O) groups is 1. The fraction of sp³-hybridized carbons (Fsp3) is 0.923. The van der Waals surface area contributed by atoms with Crippen molar-refractivity contribution in [2.75, 3.05) is 7.11 Å². The van der Waals surface area contributed by atoms with Gasteiger partial charge >= 0.3 is 5.97 Å². The minimum absolute atomic E-state index is 0.100. The molecular formula is C13H23BrO2. The van der Waals surface area contributed by atoms with Crippen molar-refractivity contribution in [1.29, 1.82) is 0 Å². The highest BCUT2D eigenvalue weighted by Gasteiger charge is 2.25. The van der Waals surface area contributed by atoms with Crippen LogP contribution >= 0.6 is 15.9 Å². The fourth-order valence-corrected chi connectivity index (χ4v) is 3.15. The van der Waals surface area contributed by atoms with Crippen LogP contribution in [0.25, 0.3) is 0 Å². The molecule has 1 unspecified atom stereocenters. The second kappa shape index (κ2) is 8.10. The quantitative estimate of drug-likeness (QED) is 0.566. The van der Waals surface area contributed by atoms with Crippen molar-refractivity contribution in [1.82, 2.24) is 0 Å². The van der Waals surface area contributed by atoms with Crippen LogP contribution in [0.4, 0.5) is 0 Å². The van der Waals surface area contributed by atoms with Crippen molar-refractivity contribution < 1.29 is 9.53 Å². The number of carbonyl (C=O) groups excluding carboxylic acids is 1. The van der Waals surface area contributed by atoms with E-state index in [1.807, 2.05) is 0 Å². The lowest BCUT2D eigenvalue weighted by Crippen LogP contribution is -2.25. The van der Waals surface area contributed by atoms with Crippen LogP contribution in [-0.2, 0) is 9.53 Å². The first-order valence-corrected chi connectivity index (χ1v) is 7.39. The summed E-state index contributed by atoms with van der Waals surface area (Å²) in [5.74, 6) is 0.354. The molecule has 3 heteroatoms. The van der Waals surface area contributed by atoms with Gasteiger partial charge in [0, 0.05) is 0 Å². The van der Waals surface area contributed by atoms with E-state index in [4.69, 9.17) is 4.74 Å². The normalized spacial score (nSPS) is 22.4. The van der Waals surface area contributed by atoms with E-state index in [0.717, 1.165) is 12.8 Å². The second-order valence-corrected chi connectivity index (χ2v) is 5.72. The molecule has 0 bridgehead atoms. The third-order valence-electron chi connectivity index (χ3n) is 3.49. The predicted octanol–water partition coefficient (Wildman–Crippen LogP) is 4.06. The lowest BCUT2D eigenvalue weighted by molar-refractivity contribution is -0.140. The van der Waals surface area contributed by atoms with E-state index in [1.54, 1.807) is 0 Å². The van der Waals surface area contributed by atoms with E-state index < -0.39 is 0 Å². The van der Waals surface area contributed by atoms with Crippen LogP contribution in [-0.4, -0.2) is 17.9 Å². The maximum atomic E-state index is 11.5. The topological polar surface area (TPSA) is 26.3 Å². The van der Waals surface area contributed by atoms with Gasteiger partial charge in [0.25, 0.3) is 0 Å². The summed E-state index contributed by atoms with van der Waals surface area (Å²) in [6, 6.07) is 0. The van der Waals surface area contributed by atoms with E-state index >= 15 is 0 Å². The minimum atomic E-state index is -0.109. The van der Waals surface area contributed by atoms with E-state index in [0.29, 0.717) is 5.92 Å². The van der Waals surface area contributed by atoms with Crippen LogP contribution in [0.5, 0.6) is 0 Å². The molecule has 0 aromatic heterocycles. The number of esters is 1. The Morgan fingerprint density at radius 2 is 1.50 bits per heavy atom. The van der Waals surface area contributed by atoms with Crippen molar-refractivity contribution >= 4 is 21.9 Å². The smallest absolute Gasteiger partial charge is 0.319 e. The van der Waals surface area contributed by atoms with Crippen molar-refractivity contribution in [3.63, 3.8) is 0 Å². The molecule has 0 aliphatic heterocycles. The Bertz CT molecular complexity index is 196. The first-order chi connectivity index (χ1) is 7.75. The molecular weight excluding hydrogens is 268 g/mol. The zero-order chi connectivity index (χ0) is 11.8. The van der Waals surface area contributed by atoms with Crippen molar-refractivity contribution in [2.45, 2.75) is 62.6 Å². The Hall–Kier alpha value is -0.0500. The molecule has 0 heterocycles. The van der Waals surface area contributed by atoms with Gasteiger partial charge in [-0.1, -0.05) is 60.9 Å². The molecule has 0 aromatic rings. The van der Waals surface area contributed by atoms with Gasteiger partial charge in [-0.15, -0.1) is 0 Å². The predicted molar refractivity (Wildman–Crippen MR) is 69.8 cm³/mol. The third kappa shape index (κ3) is 4.86. The monoisotopic (exact) mass is 290 g/mol. The lowest BCUT2D eigenvalue weighted by Gasteiger charge is -2.21. The molecule has 1 atom stereocenters. The summed E-state index contributed by atoms with van der Waals surface area (Å²) in [7, 11) is 1.47. The van der Waals surface area contributed by atoms with Crippen LogP contribution in [0, 0.1) is 5.92 Å². The molecule has 0 saturated heterocycles.